The number of benzene rings is 4. The maximum Gasteiger partial charge on any atom is 0.264 e. The lowest BCUT2D eigenvalue weighted by molar-refractivity contribution is 0.0597. The van der Waals surface area contributed by atoms with Crippen LogP contribution in [0, 0.1) is 0 Å². The first kappa shape index (κ1) is 25.3. The fourth-order valence-corrected chi connectivity index (χ4v) is 7.25. The van der Waals surface area contributed by atoms with Crippen LogP contribution in [-0.4, -0.2) is 56.8 Å². The summed E-state index contributed by atoms with van der Waals surface area (Å²) in [6.07, 6.45) is 0.589. The van der Waals surface area contributed by atoms with E-state index >= 15 is 0 Å². The second kappa shape index (κ2) is 10.7. The normalized spacial score (nSPS) is 15.9. The minimum atomic E-state index is -3.63. The van der Waals surface area contributed by atoms with Gasteiger partial charge in [0.1, 0.15) is 0 Å². The van der Waals surface area contributed by atoms with E-state index in [-0.39, 0.29) is 16.8 Å². The molecule has 0 bridgehead atoms. The molecule has 0 saturated carbocycles. The molecule has 4 aromatic rings. The summed E-state index contributed by atoms with van der Waals surface area (Å²) in [4.78, 5) is 18.1. The topological polar surface area (TPSA) is 60.9 Å². The van der Waals surface area contributed by atoms with Gasteiger partial charge in [0.15, 0.2) is 0 Å². The van der Waals surface area contributed by atoms with Crippen LogP contribution in [0.3, 0.4) is 0 Å². The molecule has 0 aromatic heterocycles. The van der Waals surface area contributed by atoms with Gasteiger partial charge in [-0.05, 0) is 53.4 Å². The van der Waals surface area contributed by atoms with Gasteiger partial charge in [-0.2, -0.15) is 0 Å². The van der Waals surface area contributed by atoms with Crippen LogP contribution in [0.5, 0.6) is 0 Å². The predicted molar refractivity (Wildman–Crippen MR) is 153 cm³/mol. The molecule has 6 rings (SSSR count). The van der Waals surface area contributed by atoms with Crippen molar-refractivity contribution in [1.29, 1.82) is 0 Å². The molecule has 0 atom stereocenters. The third-order valence-electron chi connectivity index (χ3n) is 7.71. The predicted octanol–water partition coefficient (Wildman–Crippen LogP) is 4.99. The Labute approximate surface area is 230 Å². The second-order valence-corrected chi connectivity index (χ2v) is 11.9. The molecule has 39 heavy (non-hydrogen) atoms. The first-order valence-corrected chi connectivity index (χ1v) is 14.8. The van der Waals surface area contributed by atoms with Crippen molar-refractivity contribution < 1.29 is 13.2 Å². The summed E-state index contributed by atoms with van der Waals surface area (Å²) in [5.74, 6) is -0.00205. The average molecular weight is 538 g/mol. The molecule has 0 N–H and O–H groups in total. The SMILES string of the molecule is O=C(c1ccc2c(c1)CCN2S(=O)(=O)c1ccccc1)N1CCN(C(c2ccccc2)c2ccccc2)CC1. The number of piperazine rings is 1. The van der Waals surface area contributed by atoms with Crippen molar-refractivity contribution in [3.63, 3.8) is 0 Å². The molecule has 1 fully saturated rings. The lowest BCUT2D eigenvalue weighted by atomic mass is 9.96. The highest BCUT2D eigenvalue weighted by Gasteiger charge is 2.33. The zero-order valence-corrected chi connectivity index (χ0v) is 22.5. The van der Waals surface area contributed by atoms with E-state index in [1.807, 2.05) is 23.1 Å². The van der Waals surface area contributed by atoms with Gasteiger partial charge in [-0.15, -0.1) is 0 Å². The van der Waals surface area contributed by atoms with Crippen molar-refractivity contribution in [2.75, 3.05) is 37.0 Å². The molecule has 1 saturated heterocycles. The molecule has 2 aliphatic heterocycles. The molecule has 0 radical (unpaired) electrons. The Bertz CT molecular complexity index is 1510. The van der Waals surface area contributed by atoms with E-state index in [0.29, 0.717) is 37.3 Å². The molecule has 1 amide bonds. The molecule has 198 valence electrons. The minimum Gasteiger partial charge on any atom is -0.336 e. The standard InChI is InChI=1S/C32H31N3O3S/c36-32(28-16-17-30-27(24-28)18-19-35(30)39(37,38)29-14-8-3-9-15-29)34-22-20-33(21-23-34)31(25-10-4-1-5-11-25)26-12-6-2-7-13-26/h1-17,24,31H,18-23H2. The van der Waals surface area contributed by atoms with Crippen LogP contribution in [0.1, 0.15) is 33.1 Å². The quantitative estimate of drug-likeness (QED) is 0.348. The Kier molecular flexibility index (Phi) is 6.94. The molecule has 0 unspecified atom stereocenters. The van der Waals surface area contributed by atoms with Gasteiger partial charge >= 0.3 is 0 Å². The Morgan fingerprint density at radius 2 is 1.23 bits per heavy atom. The number of sulfonamides is 1. The summed E-state index contributed by atoms with van der Waals surface area (Å²) >= 11 is 0. The molecular weight excluding hydrogens is 506 g/mol. The van der Waals surface area contributed by atoms with Crippen LogP contribution in [0.4, 0.5) is 5.69 Å². The molecule has 6 nitrogen and oxygen atoms in total. The Balaban J connectivity index is 1.17. The van der Waals surface area contributed by atoms with Gasteiger partial charge in [0.05, 0.1) is 16.6 Å². The Hall–Kier alpha value is -3.94. The highest BCUT2D eigenvalue weighted by molar-refractivity contribution is 7.92. The summed E-state index contributed by atoms with van der Waals surface area (Å²) in [6, 6.07) is 35.1. The smallest absolute Gasteiger partial charge is 0.264 e. The largest absolute Gasteiger partial charge is 0.336 e. The van der Waals surface area contributed by atoms with Crippen LogP contribution in [0.25, 0.3) is 0 Å². The number of hydrogen-bond acceptors (Lipinski definition) is 4. The fourth-order valence-electron chi connectivity index (χ4n) is 5.72. The maximum absolute atomic E-state index is 13.5. The Morgan fingerprint density at radius 3 is 1.82 bits per heavy atom. The number of nitrogens with zero attached hydrogens (tertiary/aromatic N) is 3. The molecule has 2 aliphatic rings. The molecular formula is C32H31N3O3S. The van der Waals surface area contributed by atoms with Gasteiger partial charge in [-0.3, -0.25) is 14.0 Å². The minimum absolute atomic E-state index is 0.00205. The van der Waals surface area contributed by atoms with Crippen molar-refractivity contribution in [1.82, 2.24) is 9.80 Å². The van der Waals surface area contributed by atoms with E-state index in [2.05, 4.69) is 53.4 Å². The first-order chi connectivity index (χ1) is 19.0. The molecule has 0 spiro atoms. The molecule has 2 heterocycles. The fraction of sp³-hybridized carbons (Fsp3) is 0.219. The van der Waals surface area contributed by atoms with Crippen molar-refractivity contribution in [2.45, 2.75) is 17.4 Å². The van der Waals surface area contributed by atoms with Crippen LogP contribution in [0.15, 0.2) is 114 Å². The van der Waals surface area contributed by atoms with Gasteiger partial charge in [-0.1, -0.05) is 78.9 Å². The van der Waals surface area contributed by atoms with Crippen LogP contribution in [-0.2, 0) is 16.4 Å². The van der Waals surface area contributed by atoms with E-state index < -0.39 is 10.0 Å². The summed E-state index contributed by atoms with van der Waals surface area (Å²) in [5, 5.41) is 0. The van der Waals surface area contributed by atoms with E-state index in [0.717, 1.165) is 18.7 Å². The van der Waals surface area contributed by atoms with Crippen LogP contribution in [0.2, 0.25) is 0 Å². The van der Waals surface area contributed by atoms with Crippen molar-refractivity contribution in [2.24, 2.45) is 0 Å². The highest BCUT2D eigenvalue weighted by Crippen LogP contribution is 2.34. The van der Waals surface area contributed by atoms with E-state index in [9.17, 15) is 13.2 Å². The lowest BCUT2D eigenvalue weighted by Crippen LogP contribution is -2.49. The second-order valence-electron chi connectivity index (χ2n) is 10.0. The number of anilines is 1. The van der Waals surface area contributed by atoms with Crippen LogP contribution < -0.4 is 4.31 Å². The van der Waals surface area contributed by atoms with E-state index in [1.165, 1.54) is 15.4 Å². The van der Waals surface area contributed by atoms with Crippen molar-refractivity contribution >= 4 is 21.6 Å². The third kappa shape index (κ3) is 4.95. The third-order valence-corrected chi connectivity index (χ3v) is 9.54. The number of rotatable bonds is 6. The van der Waals surface area contributed by atoms with Crippen LogP contribution >= 0.6 is 0 Å². The zero-order chi connectivity index (χ0) is 26.8. The van der Waals surface area contributed by atoms with Gasteiger partial charge < -0.3 is 4.90 Å². The van der Waals surface area contributed by atoms with E-state index in [4.69, 9.17) is 0 Å². The molecule has 7 heteroatoms. The number of carbonyl (C=O) groups is 1. The van der Waals surface area contributed by atoms with Crippen molar-refractivity contribution in [3.8, 4) is 0 Å². The summed E-state index contributed by atoms with van der Waals surface area (Å²) < 4.78 is 27.9. The number of amides is 1. The van der Waals surface area contributed by atoms with Crippen molar-refractivity contribution in [3.05, 3.63) is 131 Å². The van der Waals surface area contributed by atoms with Gasteiger partial charge in [-0.25, -0.2) is 8.42 Å². The van der Waals surface area contributed by atoms with E-state index in [1.54, 1.807) is 42.5 Å². The maximum atomic E-state index is 13.5. The molecule has 4 aromatic carbocycles. The highest BCUT2D eigenvalue weighted by atomic mass is 32.2. The summed E-state index contributed by atoms with van der Waals surface area (Å²) in [5.41, 5.74) is 4.67. The lowest BCUT2D eigenvalue weighted by Gasteiger charge is -2.40. The van der Waals surface area contributed by atoms with Gasteiger partial charge in [0.2, 0.25) is 0 Å². The van der Waals surface area contributed by atoms with Gasteiger partial charge in [0.25, 0.3) is 15.9 Å². The van der Waals surface area contributed by atoms with Gasteiger partial charge in [0, 0.05) is 38.3 Å². The average Bonchev–Trinajstić information content (AvgIpc) is 3.43. The summed E-state index contributed by atoms with van der Waals surface area (Å²) in [7, 11) is -3.63. The first-order valence-electron chi connectivity index (χ1n) is 13.4. The Morgan fingerprint density at radius 1 is 0.667 bits per heavy atom. The zero-order valence-electron chi connectivity index (χ0n) is 21.7. The number of hydrogen-bond donors (Lipinski definition) is 0. The number of fused-ring (bicyclic) bond motifs is 1. The monoisotopic (exact) mass is 537 g/mol. The molecule has 0 aliphatic carbocycles. The number of carbonyl (C=O) groups excluding carboxylic acids is 1. The summed E-state index contributed by atoms with van der Waals surface area (Å²) in [6.45, 7) is 3.20.